The molecule has 0 aliphatic heterocycles. The number of carbonyl (C=O) groups is 1. The second-order valence-corrected chi connectivity index (χ2v) is 13.5. The molecule has 1 amide bonds. The third kappa shape index (κ3) is 3.84. The van der Waals surface area contributed by atoms with Crippen LogP contribution in [-0.2, 0) is 23.1 Å². The third-order valence-corrected chi connectivity index (χ3v) is 11.2. The molecule has 5 aliphatic rings. The molecular weight excluding hydrogens is 446 g/mol. The van der Waals surface area contributed by atoms with Gasteiger partial charge in [-0.2, -0.15) is 0 Å². The molecule has 178 valence electrons. The molecule has 33 heavy (non-hydrogen) atoms. The lowest BCUT2D eigenvalue weighted by Gasteiger charge is -2.56. The molecule has 2 heterocycles. The Kier molecular flexibility index (Phi) is 5.76. The molecule has 4 fully saturated rings. The number of fused-ring (bicyclic) bond motifs is 3. The number of aromatic nitrogens is 2. The van der Waals surface area contributed by atoms with Gasteiger partial charge in [-0.05, 0) is 101 Å². The normalized spacial score (nSPS) is 32.3. The van der Waals surface area contributed by atoms with E-state index in [1.165, 1.54) is 72.0 Å². The minimum atomic E-state index is 0.193. The molecule has 0 saturated heterocycles. The Labute approximate surface area is 206 Å². The van der Waals surface area contributed by atoms with E-state index in [9.17, 15) is 4.79 Å². The van der Waals surface area contributed by atoms with Crippen LogP contribution in [0.4, 0.5) is 0 Å². The van der Waals surface area contributed by atoms with Gasteiger partial charge in [0.05, 0.1) is 5.75 Å². The van der Waals surface area contributed by atoms with Gasteiger partial charge >= 0.3 is 0 Å². The molecule has 4 bridgehead atoms. The third-order valence-electron chi connectivity index (χ3n) is 9.08. The molecule has 0 aromatic carbocycles. The molecule has 0 radical (unpaired) electrons. The lowest BCUT2D eigenvalue weighted by molar-refractivity contribution is -0.127. The van der Waals surface area contributed by atoms with Crippen LogP contribution in [0.5, 0.6) is 0 Å². The zero-order valence-electron chi connectivity index (χ0n) is 20.4. The van der Waals surface area contributed by atoms with Gasteiger partial charge in [-0.3, -0.25) is 4.79 Å². The van der Waals surface area contributed by atoms with Crippen LogP contribution in [0, 0.1) is 23.7 Å². The first-order chi connectivity index (χ1) is 16.0. The molecule has 4 saturated carbocycles. The fourth-order valence-electron chi connectivity index (χ4n) is 7.83. The van der Waals surface area contributed by atoms with Crippen LogP contribution in [-0.4, -0.2) is 39.6 Å². The van der Waals surface area contributed by atoms with Gasteiger partial charge in [-0.25, -0.2) is 9.97 Å². The first kappa shape index (κ1) is 22.3. The molecule has 4 nitrogen and oxygen atoms in total. The number of hydrogen-bond donors (Lipinski definition) is 0. The lowest BCUT2D eigenvalue weighted by Crippen LogP contribution is -2.49. The highest BCUT2D eigenvalue weighted by Crippen LogP contribution is 2.60. The van der Waals surface area contributed by atoms with Crippen molar-refractivity contribution in [3.63, 3.8) is 0 Å². The zero-order chi connectivity index (χ0) is 22.7. The van der Waals surface area contributed by atoms with Gasteiger partial charge in [0.15, 0.2) is 0 Å². The quantitative estimate of drug-likeness (QED) is 0.360. The molecule has 6 heteroatoms. The summed E-state index contributed by atoms with van der Waals surface area (Å²) in [6.07, 6.45) is 11.7. The highest BCUT2D eigenvalue weighted by molar-refractivity contribution is 8.00. The van der Waals surface area contributed by atoms with Crippen LogP contribution < -0.4 is 0 Å². The number of carbonyl (C=O) groups excluding carboxylic acids is 1. The van der Waals surface area contributed by atoms with Crippen molar-refractivity contribution in [3.8, 4) is 0 Å². The number of nitrogens with zero attached hydrogens (tertiary/aromatic N) is 3. The largest absolute Gasteiger partial charge is 0.343 e. The van der Waals surface area contributed by atoms with Gasteiger partial charge in [-0.1, -0.05) is 18.7 Å². The Bertz CT molecular complexity index is 1040. The van der Waals surface area contributed by atoms with E-state index in [2.05, 4.69) is 20.8 Å². The predicted octanol–water partition coefficient (Wildman–Crippen LogP) is 6.24. The highest BCUT2D eigenvalue weighted by Gasteiger charge is 2.53. The van der Waals surface area contributed by atoms with Crippen LogP contribution in [0.2, 0.25) is 0 Å². The molecule has 7 rings (SSSR count). The smallest absolute Gasteiger partial charge is 0.232 e. The van der Waals surface area contributed by atoms with Crippen molar-refractivity contribution in [2.45, 2.75) is 89.0 Å². The van der Waals surface area contributed by atoms with Gasteiger partial charge in [0.2, 0.25) is 5.91 Å². The second-order valence-electron chi connectivity index (χ2n) is 11.4. The molecule has 2 aromatic heterocycles. The minimum Gasteiger partial charge on any atom is -0.343 e. The van der Waals surface area contributed by atoms with E-state index < -0.39 is 0 Å². The SMILES string of the molecule is CCN(CC)C(=O)CSc1nc(C23CC4CC(CC(C4)C2)C3)nc2sc3c(c12)CCC(C)C3. The summed E-state index contributed by atoms with van der Waals surface area (Å²) in [4.78, 5) is 28.2. The molecule has 2 aromatic rings. The van der Waals surface area contributed by atoms with Crippen molar-refractivity contribution in [1.82, 2.24) is 14.9 Å². The summed E-state index contributed by atoms with van der Waals surface area (Å²) in [5.41, 5.74) is 1.68. The van der Waals surface area contributed by atoms with Crippen molar-refractivity contribution < 1.29 is 4.79 Å². The van der Waals surface area contributed by atoms with E-state index >= 15 is 0 Å². The maximum Gasteiger partial charge on any atom is 0.232 e. The van der Waals surface area contributed by atoms with Gasteiger partial charge in [0, 0.05) is 28.8 Å². The van der Waals surface area contributed by atoms with E-state index in [0.29, 0.717) is 5.75 Å². The number of thiophene rings is 1. The topological polar surface area (TPSA) is 46.1 Å². The molecule has 1 unspecified atom stereocenters. The summed E-state index contributed by atoms with van der Waals surface area (Å²) in [7, 11) is 0. The zero-order valence-corrected chi connectivity index (χ0v) is 22.0. The number of rotatable bonds is 6. The molecule has 5 aliphatic carbocycles. The number of hydrogen-bond acceptors (Lipinski definition) is 5. The number of amides is 1. The Hall–Kier alpha value is -1.14. The van der Waals surface area contributed by atoms with E-state index in [1.807, 2.05) is 16.2 Å². The average Bonchev–Trinajstić information content (AvgIpc) is 3.15. The van der Waals surface area contributed by atoms with Gasteiger partial charge in [0.25, 0.3) is 0 Å². The average molecular weight is 484 g/mol. The van der Waals surface area contributed by atoms with Crippen molar-refractivity contribution >= 4 is 39.2 Å². The molecular formula is C27H37N3OS2. The fourth-order valence-corrected chi connectivity index (χ4v) is 10.2. The molecule has 0 spiro atoms. The second kappa shape index (κ2) is 8.51. The number of thioether (sulfide) groups is 1. The first-order valence-corrected chi connectivity index (χ1v) is 15.0. The maximum atomic E-state index is 12.9. The van der Waals surface area contributed by atoms with Crippen molar-refractivity contribution in [1.29, 1.82) is 0 Å². The van der Waals surface area contributed by atoms with Gasteiger partial charge in [-0.15, -0.1) is 11.3 Å². The summed E-state index contributed by atoms with van der Waals surface area (Å²) in [5.74, 6) is 5.23. The van der Waals surface area contributed by atoms with Crippen LogP contribution in [0.25, 0.3) is 10.2 Å². The van der Waals surface area contributed by atoms with E-state index in [1.54, 1.807) is 11.8 Å². The van der Waals surface area contributed by atoms with Gasteiger partial charge < -0.3 is 4.90 Å². The first-order valence-electron chi connectivity index (χ1n) is 13.2. The van der Waals surface area contributed by atoms with Crippen LogP contribution >= 0.6 is 23.1 Å². The van der Waals surface area contributed by atoms with Crippen LogP contribution in [0.15, 0.2) is 5.03 Å². The van der Waals surface area contributed by atoms with E-state index in [-0.39, 0.29) is 11.3 Å². The monoisotopic (exact) mass is 483 g/mol. The summed E-state index contributed by atoms with van der Waals surface area (Å²) in [5, 5.41) is 2.38. The summed E-state index contributed by atoms with van der Waals surface area (Å²) in [6, 6.07) is 0. The highest BCUT2D eigenvalue weighted by atomic mass is 32.2. The summed E-state index contributed by atoms with van der Waals surface area (Å²) in [6.45, 7) is 8.06. The van der Waals surface area contributed by atoms with Crippen molar-refractivity contribution in [2.24, 2.45) is 23.7 Å². The van der Waals surface area contributed by atoms with E-state index in [4.69, 9.17) is 9.97 Å². The Balaban J connectivity index is 1.41. The van der Waals surface area contributed by atoms with Crippen LogP contribution in [0.1, 0.15) is 82.0 Å². The lowest BCUT2D eigenvalue weighted by atomic mass is 9.49. The standard InChI is InChI=1S/C27H37N3OS2/c1-4-30(5-2)22(31)15-32-24-23-20-7-6-16(3)8-21(20)33-25(23)29-26(28-24)27-12-17-9-18(13-27)11-19(10-17)14-27/h16-19H,4-15H2,1-3H3. The van der Waals surface area contributed by atoms with Crippen molar-refractivity contribution in [2.75, 3.05) is 18.8 Å². The van der Waals surface area contributed by atoms with Gasteiger partial charge in [0.1, 0.15) is 15.7 Å². The van der Waals surface area contributed by atoms with E-state index in [0.717, 1.165) is 54.0 Å². The summed E-state index contributed by atoms with van der Waals surface area (Å²) >= 11 is 3.60. The predicted molar refractivity (Wildman–Crippen MR) is 137 cm³/mol. The Morgan fingerprint density at radius 3 is 2.39 bits per heavy atom. The Morgan fingerprint density at radius 2 is 1.76 bits per heavy atom. The summed E-state index contributed by atoms with van der Waals surface area (Å²) < 4.78 is 0. The molecule has 0 N–H and O–H groups in total. The minimum absolute atomic E-state index is 0.193. The maximum absolute atomic E-state index is 12.9. The Morgan fingerprint density at radius 1 is 1.09 bits per heavy atom. The molecule has 1 atom stereocenters. The van der Waals surface area contributed by atoms with Crippen LogP contribution in [0.3, 0.4) is 0 Å². The fraction of sp³-hybridized carbons (Fsp3) is 0.741. The number of aryl methyl sites for hydroxylation is 1. The van der Waals surface area contributed by atoms with Crippen molar-refractivity contribution in [3.05, 3.63) is 16.3 Å².